The first kappa shape index (κ1) is 15.5. The Hall–Kier alpha value is -0.520. The highest BCUT2D eigenvalue weighted by molar-refractivity contribution is 6.35. The zero-order valence-corrected chi connectivity index (χ0v) is 11.7. The molecule has 18 heavy (non-hydrogen) atoms. The SMILES string of the molecule is COc1c(Cl)cc(Cl)cc1CNCCOCCO. The van der Waals surface area contributed by atoms with Gasteiger partial charge in [0.2, 0.25) is 0 Å². The molecular formula is C12H17Cl2NO3. The van der Waals surface area contributed by atoms with Gasteiger partial charge in [-0.2, -0.15) is 0 Å². The van der Waals surface area contributed by atoms with E-state index in [0.717, 1.165) is 5.56 Å². The Morgan fingerprint density at radius 3 is 2.72 bits per heavy atom. The van der Waals surface area contributed by atoms with Gasteiger partial charge in [0.1, 0.15) is 5.75 Å². The lowest BCUT2D eigenvalue weighted by Crippen LogP contribution is -2.20. The molecule has 0 fully saturated rings. The maximum atomic E-state index is 8.54. The molecule has 0 radical (unpaired) electrons. The molecular weight excluding hydrogens is 277 g/mol. The zero-order chi connectivity index (χ0) is 13.4. The lowest BCUT2D eigenvalue weighted by atomic mass is 10.2. The second kappa shape index (κ2) is 8.56. The van der Waals surface area contributed by atoms with Crippen LogP contribution in [0, 0.1) is 0 Å². The Kier molecular flexibility index (Phi) is 7.39. The Morgan fingerprint density at radius 2 is 2.06 bits per heavy atom. The molecule has 0 aliphatic rings. The third-order valence-electron chi connectivity index (χ3n) is 2.26. The van der Waals surface area contributed by atoms with Crippen molar-refractivity contribution in [2.75, 3.05) is 33.5 Å². The lowest BCUT2D eigenvalue weighted by Gasteiger charge is -2.12. The first-order valence-corrected chi connectivity index (χ1v) is 6.36. The molecule has 0 spiro atoms. The van der Waals surface area contributed by atoms with Crippen LogP contribution in [0.2, 0.25) is 10.0 Å². The van der Waals surface area contributed by atoms with Crippen LogP contribution in [0.15, 0.2) is 12.1 Å². The summed E-state index contributed by atoms with van der Waals surface area (Å²) in [6, 6.07) is 3.46. The molecule has 1 aromatic carbocycles. The number of hydrogen-bond acceptors (Lipinski definition) is 4. The molecule has 102 valence electrons. The maximum absolute atomic E-state index is 8.54. The van der Waals surface area contributed by atoms with Crippen LogP contribution in [-0.4, -0.2) is 38.6 Å². The molecule has 1 rings (SSSR count). The van der Waals surface area contributed by atoms with Crippen LogP contribution in [0.1, 0.15) is 5.56 Å². The van der Waals surface area contributed by atoms with Gasteiger partial charge in [-0.25, -0.2) is 0 Å². The maximum Gasteiger partial charge on any atom is 0.142 e. The van der Waals surface area contributed by atoms with E-state index in [-0.39, 0.29) is 6.61 Å². The third kappa shape index (κ3) is 5.00. The number of halogens is 2. The Labute approximate surface area is 117 Å². The highest BCUT2D eigenvalue weighted by Crippen LogP contribution is 2.31. The predicted molar refractivity (Wildman–Crippen MR) is 72.6 cm³/mol. The summed E-state index contributed by atoms with van der Waals surface area (Å²) in [7, 11) is 1.57. The lowest BCUT2D eigenvalue weighted by molar-refractivity contribution is 0.0938. The summed E-state index contributed by atoms with van der Waals surface area (Å²) >= 11 is 12.0. The van der Waals surface area contributed by atoms with Gasteiger partial charge in [-0.15, -0.1) is 0 Å². The van der Waals surface area contributed by atoms with Crippen LogP contribution < -0.4 is 10.1 Å². The molecule has 0 saturated heterocycles. The quantitative estimate of drug-likeness (QED) is 0.721. The summed E-state index contributed by atoms with van der Waals surface area (Å²) in [4.78, 5) is 0. The van der Waals surface area contributed by atoms with E-state index in [4.69, 9.17) is 37.8 Å². The van der Waals surface area contributed by atoms with E-state index in [0.29, 0.717) is 42.1 Å². The van der Waals surface area contributed by atoms with Crippen molar-refractivity contribution < 1.29 is 14.6 Å². The van der Waals surface area contributed by atoms with Crippen molar-refractivity contribution in [2.45, 2.75) is 6.54 Å². The van der Waals surface area contributed by atoms with E-state index in [1.807, 2.05) is 6.07 Å². The Balaban J connectivity index is 2.46. The minimum absolute atomic E-state index is 0.0394. The van der Waals surface area contributed by atoms with E-state index in [9.17, 15) is 0 Å². The zero-order valence-electron chi connectivity index (χ0n) is 10.2. The summed E-state index contributed by atoms with van der Waals surface area (Å²) < 4.78 is 10.4. The Bertz CT molecular complexity index is 375. The largest absolute Gasteiger partial charge is 0.495 e. The van der Waals surface area contributed by atoms with Crippen LogP contribution >= 0.6 is 23.2 Å². The second-order valence-corrected chi connectivity index (χ2v) is 4.44. The van der Waals surface area contributed by atoms with Crippen molar-refractivity contribution in [2.24, 2.45) is 0 Å². The standard InChI is InChI=1S/C12H17Cl2NO3/c1-17-12-9(6-10(13)7-11(12)14)8-15-2-4-18-5-3-16/h6-7,15-16H,2-5,8H2,1H3. The number of aliphatic hydroxyl groups is 1. The molecule has 1 aromatic rings. The van der Waals surface area contributed by atoms with Crippen LogP contribution in [0.3, 0.4) is 0 Å². The van der Waals surface area contributed by atoms with Gasteiger partial charge in [0.05, 0.1) is 32.0 Å². The van der Waals surface area contributed by atoms with Crippen molar-refractivity contribution in [1.29, 1.82) is 0 Å². The van der Waals surface area contributed by atoms with Gasteiger partial charge in [0, 0.05) is 23.7 Å². The highest BCUT2D eigenvalue weighted by atomic mass is 35.5. The molecule has 0 atom stereocenters. The van der Waals surface area contributed by atoms with Crippen molar-refractivity contribution in [1.82, 2.24) is 5.32 Å². The summed E-state index contributed by atoms with van der Waals surface area (Å²) in [5, 5.41) is 12.8. The fourth-order valence-electron chi connectivity index (χ4n) is 1.51. The normalized spacial score (nSPS) is 10.7. The van der Waals surface area contributed by atoms with E-state index in [1.54, 1.807) is 13.2 Å². The van der Waals surface area contributed by atoms with Gasteiger partial charge in [0.15, 0.2) is 0 Å². The number of methoxy groups -OCH3 is 1. The average Bonchev–Trinajstić information content (AvgIpc) is 2.33. The van der Waals surface area contributed by atoms with E-state index < -0.39 is 0 Å². The molecule has 0 amide bonds. The highest BCUT2D eigenvalue weighted by Gasteiger charge is 2.09. The molecule has 2 N–H and O–H groups in total. The number of rotatable bonds is 8. The number of ether oxygens (including phenoxy) is 2. The average molecular weight is 294 g/mol. The minimum atomic E-state index is 0.0394. The number of hydrogen-bond donors (Lipinski definition) is 2. The molecule has 0 heterocycles. The second-order valence-electron chi connectivity index (χ2n) is 3.59. The topological polar surface area (TPSA) is 50.7 Å². The summed E-state index contributed by atoms with van der Waals surface area (Å²) in [6.07, 6.45) is 0. The smallest absolute Gasteiger partial charge is 0.142 e. The van der Waals surface area contributed by atoms with E-state index >= 15 is 0 Å². The number of benzene rings is 1. The van der Waals surface area contributed by atoms with Crippen molar-refractivity contribution in [3.63, 3.8) is 0 Å². The molecule has 0 aliphatic heterocycles. The van der Waals surface area contributed by atoms with Crippen molar-refractivity contribution in [3.8, 4) is 5.75 Å². The monoisotopic (exact) mass is 293 g/mol. The first-order chi connectivity index (χ1) is 8.69. The van der Waals surface area contributed by atoms with E-state index in [2.05, 4.69) is 5.32 Å². The van der Waals surface area contributed by atoms with Gasteiger partial charge >= 0.3 is 0 Å². The number of nitrogens with one attached hydrogen (secondary N) is 1. The van der Waals surface area contributed by atoms with Crippen LogP contribution in [0.4, 0.5) is 0 Å². The van der Waals surface area contributed by atoms with Crippen molar-refractivity contribution in [3.05, 3.63) is 27.7 Å². The predicted octanol–water partition coefficient (Wildman–Crippen LogP) is 2.10. The van der Waals surface area contributed by atoms with Gasteiger partial charge in [-0.1, -0.05) is 23.2 Å². The van der Waals surface area contributed by atoms with Crippen LogP contribution in [0.25, 0.3) is 0 Å². The van der Waals surface area contributed by atoms with E-state index in [1.165, 1.54) is 0 Å². The fourth-order valence-corrected chi connectivity index (χ4v) is 2.12. The first-order valence-electron chi connectivity index (χ1n) is 5.60. The molecule has 0 aliphatic carbocycles. The number of aliphatic hydroxyl groups excluding tert-OH is 1. The van der Waals surface area contributed by atoms with Gasteiger partial charge in [0.25, 0.3) is 0 Å². The molecule has 0 aromatic heterocycles. The van der Waals surface area contributed by atoms with Gasteiger partial charge in [-0.05, 0) is 12.1 Å². The third-order valence-corrected chi connectivity index (χ3v) is 2.76. The van der Waals surface area contributed by atoms with Gasteiger partial charge in [-0.3, -0.25) is 0 Å². The van der Waals surface area contributed by atoms with Gasteiger partial charge < -0.3 is 19.9 Å². The minimum Gasteiger partial charge on any atom is -0.495 e. The summed E-state index contributed by atoms with van der Waals surface area (Å²) in [6.45, 7) is 2.20. The summed E-state index contributed by atoms with van der Waals surface area (Å²) in [5.41, 5.74) is 0.900. The molecule has 0 saturated carbocycles. The molecule has 6 heteroatoms. The molecule has 0 unspecified atom stereocenters. The fraction of sp³-hybridized carbons (Fsp3) is 0.500. The Morgan fingerprint density at radius 1 is 1.28 bits per heavy atom. The van der Waals surface area contributed by atoms with Crippen LogP contribution in [-0.2, 0) is 11.3 Å². The molecule has 0 bridgehead atoms. The summed E-state index contributed by atoms with van der Waals surface area (Å²) in [5.74, 6) is 0.629. The molecule has 4 nitrogen and oxygen atoms in total. The van der Waals surface area contributed by atoms with Crippen LogP contribution in [0.5, 0.6) is 5.75 Å². The van der Waals surface area contributed by atoms with Crippen molar-refractivity contribution >= 4 is 23.2 Å².